The molecular formula is C27H26O4. The highest BCUT2D eigenvalue weighted by molar-refractivity contribution is 6.21. The molecule has 0 bridgehead atoms. The van der Waals surface area contributed by atoms with E-state index in [1.165, 1.54) is 0 Å². The summed E-state index contributed by atoms with van der Waals surface area (Å²) in [7, 11) is 1.62. The highest BCUT2D eigenvalue weighted by Crippen LogP contribution is 2.39. The molecule has 4 aromatic rings. The van der Waals surface area contributed by atoms with Gasteiger partial charge in [-0.2, -0.15) is 0 Å². The molecule has 1 heterocycles. The molecule has 4 rings (SSSR count). The summed E-state index contributed by atoms with van der Waals surface area (Å²) in [5, 5.41) is 2.53. The Morgan fingerprint density at radius 1 is 0.935 bits per heavy atom. The van der Waals surface area contributed by atoms with E-state index in [-0.39, 0.29) is 11.6 Å². The molecule has 0 spiro atoms. The molecule has 158 valence electrons. The summed E-state index contributed by atoms with van der Waals surface area (Å²) < 4.78 is 11.9. The first kappa shape index (κ1) is 20.9. The Balaban J connectivity index is 1.89. The summed E-state index contributed by atoms with van der Waals surface area (Å²) in [6.45, 7) is 4.06. The van der Waals surface area contributed by atoms with Crippen molar-refractivity contribution >= 4 is 33.3 Å². The van der Waals surface area contributed by atoms with Gasteiger partial charge in [-0.15, -0.1) is 0 Å². The van der Waals surface area contributed by atoms with Gasteiger partial charge in [-0.05, 0) is 12.0 Å². The Hall–Kier alpha value is -3.40. The van der Waals surface area contributed by atoms with Gasteiger partial charge in [0.25, 0.3) is 0 Å². The van der Waals surface area contributed by atoms with Gasteiger partial charge >= 0.3 is 0 Å². The van der Waals surface area contributed by atoms with Gasteiger partial charge in [0.1, 0.15) is 22.9 Å². The van der Waals surface area contributed by atoms with Crippen molar-refractivity contribution in [1.82, 2.24) is 0 Å². The Morgan fingerprint density at radius 3 is 2.29 bits per heavy atom. The lowest BCUT2D eigenvalue weighted by atomic mass is 9.96. The van der Waals surface area contributed by atoms with Crippen LogP contribution in [0, 0.1) is 5.92 Å². The number of ketones is 2. The number of benzene rings is 3. The van der Waals surface area contributed by atoms with Crippen LogP contribution in [-0.4, -0.2) is 18.7 Å². The summed E-state index contributed by atoms with van der Waals surface area (Å²) in [5.74, 6) is 1.62. The van der Waals surface area contributed by atoms with E-state index in [1.54, 1.807) is 19.2 Å². The molecule has 0 unspecified atom stereocenters. The lowest BCUT2D eigenvalue weighted by Gasteiger charge is -2.07. The smallest absolute Gasteiger partial charge is 0.197 e. The molecule has 0 saturated heterocycles. The number of carbonyl (C=O) groups is 2. The number of carbonyl (C=O) groups excluding carboxylic acids is 2. The number of aryl methyl sites for hydroxylation is 1. The molecule has 0 saturated carbocycles. The molecule has 4 heteroatoms. The van der Waals surface area contributed by atoms with Crippen molar-refractivity contribution < 1.29 is 18.7 Å². The third-order valence-electron chi connectivity index (χ3n) is 5.48. The number of furan rings is 1. The van der Waals surface area contributed by atoms with Crippen LogP contribution in [0.3, 0.4) is 0 Å². The second-order valence-electron chi connectivity index (χ2n) is 8.23. The van der Waals surface area contributed by atoms with Gasteiger partial charge in [0, 0.05) is 41.0 Å². The van der Waals surface area contributed by atoms with E-state index >= 15 is 0 Å². The molecule has 0 atom stereocenters. The maximum absolute atomic E-state index is 13.5. The summed E-state index contributed by atoms with van der Waals surface area (Å²) >= 11 is 0. The molecule has 0 aliphatic heterocycles. The van der Waals surface area contributed by atoms with E-state index in [1.807, 2.05) is 62.4 Å². The molecule has 0 N–H and O–H groups in total. The topological polar surface area (TPSA) is 56.5 Å². The normalized spacial score (nSPS) is 11.4. The minimum Gasteiger partial charge on any atom is -0.496 e. The minimum absolute atomic E-state index is 0.108. The van der Waals surface area contributed by atoms with Crippen molar-refractivity contribution in [3.63, 3.8) is 0 Å². The highest BCUT2D eigenvalue weighted by atomic mass is 16.5. The van der Waals surface area contributed by atoms with Crippen LogP contribution in [0.5, 0.6) is 5.75 Å². The number of rotatable bonds is 8. The molecule has 0 aliphatic rings. The molecule has 1 aromatic heterocycles. The van der Waals surface area contributed by atoms with Crippen LogP contribution in [0.25, 0.3) is 21.7 Å². The fraction of sp³-hybridized carbons (Fsp3) is 0.259. The molecule has 4 nitrogen and oxygen atoms in total. The molecule has 0 radical (unpaired) electrons. The van der Waals surface area contributed by atoms with Crippen molar-refractivity contribution in [2.24, 2.45) is 5.92 Å². The summed E-state index contributed by atoms with van der Waals surface area (Å²) in [5.41, 5.74) is 1.76. The van der Waals surface area contributed by atoms with E-state index in [0.29, 0.717) is 53.4 Å². The summed E-state index contributed by atoms with van der Waals surface area (Å²) in [6.07, 6.45) is 1.27. The number of fused-ring (bicyclic) bond motifs is 3. The predicted octanol–water partition coefficient (Wildman–Crippen LogP) is 6.37. The van der Waals surface area contributed by atoms with E-state index in [2.05, 4.69) is 0 Å². The van der Waals surface area contributed by atoms with Crippen molar-refractivity contribution in [3.8, 4) is 5.75 Å². The quantitative estimate of drug-likeness (QED) is 0.314. The van der Waals surface area contributed by atoms with Gasteiger partial charge in [0.2, 0.25) is 0 Å². The molecule has 3 aromatic carbocycles. The number of hydrogen-bond acceptors (Lipinski definition) is 4. The lowest BCUT2D eigenvalue weighted by molar-refractivity contribution is -0.119. The third-order valence-corrected chi connectivity index (χ3v) is 5.48. The second kappa shape index (κ2) is 8.76. The monoisotopic (exact) mass is 414 g/mol. The van der Waals surface area contributed by atoms with Gasteiger partial charge in [0.15, 0.2) is 5.78 Å². The van der Waals surface area contributed by atoms with E-state index in [0.717, 1.165) is 16.2 Å². The maximum Gasteiger partial charge on any atom is 0.197 e. The standard InChI is InChI=1S/C27H26O4/c1-17(2)15-19(28)13-14-23-25(26(29)18-9-5-4-6-10-18)22-16-24(30-3)20-11-7-8-12-21(20)27(22)31-23/h4-12,16-17H,13-15H2,1-3H3. The SMILES string of the molecule is COc1cc2c(C(=O)c3ccccc3)c(CCC(=O)CC(C)C)oc2c2ccccc12. The van der Waals surface area contributed by atoms with Crippen molar-refractivity contribution in [2.75, 3.05) is 7.11 Å². The van der Waals surface area contributed by atoms with Crippen LogP contribution in [0.4, 0.5) is 0 Å². The minimum atomic E-state index is -0.108. The Morgan fingerprint density at radius 2 is 1.61 bits per heavy atom. The van der Waals surface area contributed by atoms with Crippen LogP contribution >= 0.6 is 0 Å². The zero-order valence-corrected chi connectivity index (χ0v) is 18.1. The Bertz CT molecular complexity index is 1250. The lowest BCUT2D eigenvalue weighted by Crippen LogP contribution is -2.07. The first-order valence-electron chi connectivity index (χ1n) is 10.6. The summed E-state index contributed by atoms with van der Waals surface area (Å²) in [6, 6.07) is 18.9. The van der Waals surface area contributed by atoms with Gasteiger partial charge in [-0.25, -0.2) is 0 Å². The molecule has 0 amide bonds. The van der Waals surface area contributed by atoms with Crippen LogP contribution < -0.4 is 4.74 Å². The molecule has 0 aliphatic carbocycles. The molecule has 0 fully saturated rings. The average molecular weight is 415 g/mol. The fourth-order valence-corrected chi connectivity index (χ4v) is 4.07. The van der Waals surface area contributed by atoms with E-state index in [9.17, 15) is 9.59 Å². The fourth-order valence-electron chi connectivity index (χ4n) is 4.07. The zero-order chi connectivity index (χ0) is 22.0. The summed E-state index contributed by atoms with van der Waals surface area (Å²) in [4.78, 5) is 25.9. The van der Waals surface area contributed by atoms with E-state index in [4.69, 9.17) is 9.15 Å². The number of methoxy groups -OCH3 is 1. The number of Topliss-reactive ketones (excluding diaryl/α,β-unsaturated/α-hetero) is 1. The van der Waals surface area contributed by atoms with Gasteiger partial charge in [0.05, 0.1) is 12.7 Å². The Kier molecular flexibility index (Phi) is 5.90. The van der Waals surface area contributed by atoms with Gasteiger partial charge in [-0.1, -0.05) is 68.4 Å². The first-order valence-corrected chi connectivity index (χ1v) is 10.6. The van der Waals surface area contributed by atoms with Gasteiger partial charge < -0.3 is 9.15 Å². The zero-order valence-electron chi connectivity index (χ0n) is 18.1. The van der Waals surface area contributed by atoms with Crippen LogP contribution in [-0.2, 0) is 11.2 Å². The molecular weight excluding hydrogens is 388 g/mol. The van der Waals surface area contributed by atoms with Crippen molar-refractivity contribution in [3.05, 3.63) is 77.6 Å². The van der Waals surface area contributed by atoms with Crippen LogP contribution in [0.1, 0.15) is 48.4 Å². The average Bonchev–Trinajstić information content (AvgIpc) is 3.15. The van der Waals surface area contributed by atoms with Crippen LogP contribution in [0.15, 0.2) is 65.1 Å². The van der Waals surface area contributed by atoms with E-state index < -0.39 is 0 Å². The molecule has 31 heavy (non-hydrogen) atoms. The third kappa shape index (κ3) is 4.11. The maximum atomic E-state index is 13.5. The predicted molar refractivity (Wildman–Crippen MR) is 123 cm³/mol. The number of hydrogen-bond donors (Lipinski definition) is 0. The van der Waals surface area contributed by atoms with Crippen LogP contribution in [0.2, 0.25) is 0 Å². The van der Waals surface area contributed by atoms with Crippen molar-refractivity contribution in [1.29, 1.82) is 0 Å². The van der Waals surface area contributed by atoms with Gasteiger partial charge in [-0.3, -0.25) is 9.59 Å². The second-order valence-corrected chi connectivity index (χ2v) is 8.23. The highest BCUT2D eigenvalue weighted by Gasteiger charge is 2.25. The van der Waals surface area contributed by atoms with Crippen molar-refractivity contribution in [2.45, 2.75) is 33.1 Å². The number of ether oxygens (including phenoxy) is 1. The largest absolute Gasteiger partial charge is 0.496 e. The Labute approximate surface area is 181 Å². The first-order chi connectivity index (χ1) is 15.0.